The first-order chi connectivity index (χ1) is 9.65. The summed E-state index contributed by atoms with van der Waals surface area (Å²) in [6.07, 6.45) is 12.2. The molecule has 2 fully saturated rings. The van der Waals surface area contributed by atoms with Crippen LogP contribution in [0.4, 0.5) is 0 Å². The summed E-state index contributed by atoms with van der Waals surface area (Å²) in [4.78, 5) is 7.30. The monoisotopic (exact) mass is 277 g/mol. The first-order valence-corrected chi connectivity index (χ1v) is 8.74. The van der Waals surface area contributed by atoms with Crippen molar-refractivity contribution >= 4 is 5.96 Å². The van der Waals surface area contributed by atoms with Crippen molar-refractivity contribution in [1.82, 2.24) is 4.90 Å². The minimum absolute atomic E-state index is 0.247. The summed E-state index contributed by atoms with van der Waals surface area (Å²) >= 11 is 0. The Hall–Kier alpha value is -0.730. The fourth-order valence-electron chi connectivity index (χ4n) is 4.97. The van der Waals surface area contributed by atoms with E-state index in [2.05, 4.69) is 18.7 Å². The Balaban J connectivity index is 1.86. The molecule has 3 heteroatoms. The zero-order valence-electron chi connectivity index (χ0n) is 13.3. The lowest BCUT2D eigenvalue weighted by molar-refractivity contribution is 0.0203. The van der Waals surface area contributed by atoms with Gasteiger partial charge >= 0.3 is 0 Å². The molecule has 3 rings (SSSR count). The van der Waals surface area contributed by atoms with Crippen molar-refractivity contribution in [3.05, 3.63) is 0 Å². The highest BCUT2D eigenvalue weighted by Crippen LogP contribution is 2.46. The quantitative estimate of drug-likeness (QED) is 0.745. The van der Waals surface area contributed by atoms with Crippen LogP contribution in [0.2, 0.25) is 0 Å². The predicted octanol–water partition coefficient (Wildman–Crippen LogP) is 3.53. The molecule has 0 aromatic heterocycles. The van der Waals surface area contributed by atoms with E-state index in [1.54, 1.807) is 0 Å². The van der Waals surface area contributed by atoms with Gasteiger partial charge in [0, 0.05) is 6.04 Å². The van der Waals surface area contributed by atoms with Gasteiger partial charge in [0.25, 0.3) is 0 Å². The molecule has 3 aliphatic rings. The van der Waals surface area contributed by atoms with Gasteiger partial charge < -0.3 is 10.6 Å². The molecule has 3 atom stereocenters. The normalized spacial score (nSPS) is 39.9. The van der Waals surface area contributed by atoms with E-state index in [9.17, 15) is 0 Å². The molecule has 0 aromatic carbocycles. The summed E-state index contributed by atoms with van der Waals surface area (Å²) in [6.45, 7) is 5.81. The molecule has 2 saturated carbocycles. The second-order valence-corrected chi connectivity index (χ2v) is 7.45. The Morgan fingerprint density at radius 1 is 1.05 bits per heavy atom. The molecule has 0 aromatic rings. The number of guanidine groups is 1. The van der Waals surface area contributed by atoms with E-state index in [1.165, 1.54) is 57.8 Å². The van der Waals surface area contributed by atoms with Gasteiger partial charge in [0.2, 0.25) is 0 Å². The first-order valence-electron chi connectivity index (χ1n) is 8.74. The lowest BCUT2D eigenvalue weighted by Crippen LogP contribution is -2.61. The fourth-order valence-corrected chi connectivity index (χ4v) is 4.97. The van der Waals surface area contributed by atoms with Crippen LogP contribution in [-0.2, 0) is 0 Å². The van der Waals surface area contributed by atoms with E-state index >= 15 is 0 Å². The molecule has 20 heavy (non-hydrogen) atoms. The lowest BCUT2D eigenvalue weighted by atomic mass is 9.67. The molecular weight excluding hydrogens is 246 g/mol. The molecule has 1 aliphatic heterocycles. The highest BCUT2D eigenvalue weighted by molar-refractivity contribution is 5.81. The SMILES string of the molecule is CC1CCCC2(CN=C(N)N2C2CCCCCC2)C1C. The molecule has 3 nitrogen and oxygen atoms in total. The number of nitrogens with two attached hydrogens (primary N) is 1. The van der Waals surface area contributed by atoms with Crippen LogP contribution in [0.3, 0.4) is 0 Å². The van der Waals surface area contributed by atoms with Gasteiger partial charge in [-0.2, -0.15) is 0 Å². The van der Waals surface area contributed by atoms with Crippen molar-refractivity contribution in [3.63, 3.8) is 0 Å². The maximum absolute atomic E-state index is 6.35. The van der Waals surface area contributed by atoms with Crippen molar-refractivity contribution < 1.29 is 0 Å². The third kappa shape index (κ3) is 2.23. The summed E-state index contributed by atoms with van der Waals surface area (Å²) in [5.74, 6) is 2.36. The predicted molar refractivity (Wildman–Crippen MR) is 84.7 cm³/mol. The standard InChI is InChI=1S/C17H31N3/c1-13-8-7-11-17(14(13)2)12-19-16(18)20(17)15-9-5-3-4-6-10-15/h13-15H,3-12H2,1-2H3,(H2,18,19). The molecule has 114 valence electrons. The molecule has 0 radical (unpaired) electrons. The number of aliphatic imine (C=N–C) groups is 1. The highest BCUT2D eigenvalue weighted by atomic mass is 15.4. The van der Waals surface area contributed by atoms with Gasteiger partial charge in [-0.1, -0.05) is 52.4 Å². The topological polar surface area (TPSA) is 41.6 Å². The summed E-state index contributed by atoms with van der Waals surface area (Å²) in [5, 5.41) is 0. The Morgan fingerprint density at radius 3 is 2.45 bits per heavy atom. The Labute approximate surface area is 124 Å². The average Bonchev–Trinajstić information content (AvgIpc) is 2.64. The largest absolute Gasteiger partial charge is 0.370 e. The van der Waals surface area contributed by atoms with Crippen LogP contribution in [0, 0.1) is 11.8 Å². The number of nitrogens with zero attached hydrogens (tertiary/aromatic N) is 2. The van der Waals surface area contributed by atoms with Crippen LogP contribution in [0.15, 0.2) is 4.99 Å². The molecule has 2 aliphatic carbocycles. The zero-order valence-corrected chi connectivity index (χ0v) is 13.3. The lowest BCUT2D eigenvalue weighted by Gasteiger charge is -2.52. The van der Waals surface area contributed by atoms with E-state index in [0.717, 1.165) is 18.4 Å². The highest BCUT2D eigenvalue weighted by Gasteiger charge is 2.51. The van der Waals surface area contributed by atoms with E-state index in [1.807, 2.05) is 0 Å². The van der Waals surface area contributed by atoms with E-state index in [-0.39, 0.29) is 5.54 Å². The van der Waals surface area contributed by atoms with Crippen molar-refractivity contribution in [2.75, 3.05) is 6.54 Å². The molecule has 2 N–H and O–H groups in total. The second-order valence-electron chi connectivity index (χ2n) is 7.45. The maximum Gasteiger partial charge on any atom is 0.192 e. The van der Waals surface area contributed by atoms with Crippen molar-refractivity contribution in [1.29, 1.82) is 0 Å². The Bertz CT molecular complexity index is 370. The van der Waals surface area contributed by atoms with Crippen LogP contribution in [0.5, 0.6) is 0 Å². The summed E-state index contributed by atoms with van der Waals surface area (Å²) < 4.78 is 0. The summed E-state index contributed by atoms with van der Waals surface area (Å²) in [6, 6.07) is 0.650. The van der Waals surface area contributed by atoms with Gasteiger partial charge in [0.05, 0.1) is 12.1 Å². The molecular formula is C17H31N3. The van der Waals surface area contributed by atoms with E-state index < -0.39 is 0 Å². The molecule has 0 saturated heterocycles. The maximum atomic E-state index is 6.35. The van der Waals surface area contributed by atoms with Crippen molar-refractivity contribution in [2.24, 2.45) is 22.6 Å². The van der Waals surface area contributed by atoms with Gasteiger partial charge in [0.15, 0.2) is 5.96 Å². The van der Waals surface area contributed by atoms with Gasteiger partial charge in [-0.25, -0.2) is 0 Å². The first kappa shape index (κ1) is 14.2. The van der Waals surface area contributed by atoms with Crippen LogP contribution >= 0.6 is 0 Å². The molecule has 0 amide bonds. The Morgan fingerprint density at radius 2 is 1.75 bits per heavy atom. The fraction of sp³-hybridized carbons (Fsp3) is 0.941. The minimum atomic E-state index is 0.247. The van der Waals surface area contributed by atoms with E-state index in [0.29, 0.717) is 12.0 Å². The zero-order chi connectivity index (χ0) is 14.2. The van der Waals surface area contributed by atoms with Crippen LogP contribution < -0.4 is 5.73 Å². The number of rotatable bonds is 1. The van der Waals surface area contributed by atoms with Crippen LogP contribution in [-0.4, -0.2) is 29.0 Å². The van der Waals surface area contributed by atoms with Gasteiger partial charge in [-0.05, 0) is 31.1 Å². The van der Waals surface area contributed by atoms with Crippen molar-refractivity contribution in [3.8, 4) is 0 Å². The van der Waals surface area contributed by atoms with Gasteiger partial charge in [-0.15, -0.1) is 0 Å². The molecule has 1 spiro atoms. The second kappa shape index (κ2) is 5.57. The van der Waals surface area contributed by atoms with Gasteiger partial charge in [-0.3, -0.25) is 4.99 Å². The minimum Gasteiger partial charge on any atom is -0.370 e. The van der Waals surface area contributed by atoms with E-state index in [4.69, 9.17) is 10.7 Å². The average molecular weight is 277 g/mol. The van der Waals surface area contributed by atoms with Gasteiger partial charge in [0.1, 0.15) is 0 Å². The van der Waals surface area contributed by atoms with Crippen LogP contribution in [0.25, 0.3) is 0 Å². The Kier molecular flexibility index (Phi) is 3.96. The number of hydrogen-bond acceptors (Lipinski definition) is 3. The molecule has 3 unspecified atom stereocenters. The third-order valence-corrected chi connectivity index (χ3v) is 6.40. The van der Waals surface area contributed by atoms with Crippen molar-refractivity contribution in [2.45, 2.75) is 83.2 Å². The molecule has 0 bridgehead atoms. The number of hydrogen-bond donors (Lipinski definition) is 1. The summed E-state index contributed by atoms with van der Waals surface area (Å²) in [7, 11) is 0. The van der Waals surface area contributed by atoms with Crippen LogP contribution in [0.1, 0.15) is 71.6 Å². The third-order valence-electron chi connectivity index (χ3n) is 6.40. The molecule has 1 heterocycles. The smallest absolute Gasteiger partial charge is 0.192 e. The summed E-state index contributed by atoms with van der Waals surface area (Å²) in [5.41, 5.74) is 6.60.